The lowest BCUT2D eigenvalue weighted by Crippen LogP contribution is -2.29. The van der Waals surface area contributed by atoms with E-state index in [0.717, 1.165) is 18.6 Å². The number of hydrogen-bond acceptors (Lipinski definition) is 3. The zero-order valence-corrected chi connectivity index (χ0v) is 13.6. The highest BCUT2D eigenvalue weighted by Gasteiger charge is 2.11. The first-order valence-corrected chi connectivity index (χ1v) is 7.92. The second-order valence-corrected chi connectivity index (χ2v) is 6.29. The summed E-state index contributed by atoms with van der Waals surface area (Å²) in [6, 6.07) is 10.9. The molecule has 0 bridgehead atoms. The normalized spacial score (nSPS) is 12.4. The van der Waals surface area contributed by atoms with Gasteiger partial charge in [-0.3, -0.25) is 0 Å². The van der Waals surface area contributed by atoms with Crippen molar-refractivity contribution in [1.82, 2.24) is 5.32 Å². The number of thiophene rings is 1. The molecule has 0 radical (unpaired) electrons. The summed E-state index contributed by atoms with van der Waals surface area (Å²) in [5.74, 6) is 0.908. The van der Waals surface area contributed by atoms with Gasteiger partial charge < -0.3 is 10.1 Å². The van der Waals surface area contributed by atoms with Crippen LogP contribution in [0.1, 0.15) is 10.4 Å². The molecule has 0 aliphatic rings. The molecule has 0 saturated heterocycles. The summed E-state index contributed by atoms with van der Waals surface area (Å²) in [6.45, 7) is 0. The number of ether oxygens (including phenoxy) is 1. The topological polar surface area (TPSA) is 21.3 Å². The summed E-state index contributed by atoms with van der Waals surface area (Å²) < 4.78 is 6.40. The zero-order chi connectivity index (χ0) is 13.7. The lowest BCUT2D eigenvalue weighted by atomic mass is 10.0. The van der Waals surface area contributed by atoms with Crippen molar-refractivity contribution < 1.29 is 4.74 Å². The fourth-order valence-corrected chi connectivity index (χ4v) is 3.61. The summed E-state index contributed by atoms with van der Waals surface area (Å²) in [4.78, 5) is 1.40. The standard InChI is InChI=1S/C15H18BrNOS/c1-17-12(10-15-14(16)7-8-19-15)9-11-3-5-13(18-2)6-4-11/h3-8,12,17H,9-10H2,1-2H3. The highest BCUT2D eigenvalue weighted by Crippen LogP contribution is 2.24. The Labute approximate surface area is 126 Å². The van der Waals surface area contributed by atoms with Crippen LogP contribution in [0.4, 0.5) is 0 Å². The van der Waals surface area contributed by atoms with Crippen LogP contribution in [0.15, 0.2) is 40.2 Å². The summed E-state index contributed by atoms with van der Waals surface area (Å²) in [7, 11) is 3.72. The molecule has 1 aromatic heterocycles. The number of likely N-dealkylation sites (N-methyl/N-ethyl adjacent to an activating group) is 1. The first-order chi connectivity index (χ1) is 9.22. The predicted octanol–water partition coefficient (Wildman–Crippen LogP) is 3.89. The van der Waals surface area contributed by atoms with Gasteiger partial charge in [-0.25, -0.2) is 0 Å². The molecule has 19 heavy (non-hydrogen) atoms. The van der Waals surface area contributed by atoms with Gasteiger partial charge in [-0.15, -0.1) is 11.3 Å². The number of methoxy groups -OCH3 is 1. The molecule has 0 amide bonds. The average molecular weight is 340 g/mol. The molecule has 2 rings (SSSR count). The molecule has 2 aromatic rings. The zero-order valence-electron chi connectivity index (χ0n) is 11.2. The molecular formula is C15H18BrNOS. The molecule has 0 aliphatic heterocycles. The molecule has 0 aliphatic carbocycles. The SMILES string of the molecule is CNC(Cc1ccc(OC)cc1)Cc1sccc1Br. The first-order valence-electron chi connectivity index (χ1n) is 6.25. The lowest BCUT2D eigenvalue weighted by Gasteiger charge is -2.16. The van der Waals surface area contributed by atoms with Gasteiger partial charge in [-0.2, -0.15) is 0 Å². The molecule has 1 atom stereocenters. The smallest absolute Gasteiger partial charge is 0.118 e. The third-order valence-corrected chi connectivity index (χ3v) is 5.12. The molecule has 1 heterocycles. The average Bonchev–Trinajstić information content (AvgIpc) is 2.84. The van der Waals surface area contributed by atoms with Crippen LogP contribution in [0, 0.1) is 0 Å². The maximum Gasteiger partial charge on any atom is 0.118 e. The van der Waals surface area contributed by atoms with E-state index in [1.807, 2.05) is 19.2 Å². The van der Waals surface area contributed by atoms with Gasteiger partial charge in [0.05, 0.1) is 7.11 Å². The van der Waals surface area contributed by atoms with Gasteiger partial charge in [0, 0.05) is 15.4 Å². The van der Waals surface area contributed by atoms with Gasteiger partial charge in [0.1, 0.15) is 5.75 Å². The van der Waals surface area contributed by atoms with Crippen LogP contribution >= 0.6 is 27.3 Å². The van der Waals surface area contributed by atoms with E-state index in [1.165, 1.54) is 14.9 Å². The van der Waals surface area contributed by atoms with Crippen molar-refractivity contribution in [3.8, 4) is 5.75 Å². The Bertz CT molecular complexity index is 509. The minimum atomic E-state index is 0.448. The van der Waals surface area contributed by atoms with E-state index in [1.54, 1.807) is 18.4 Å². The number of benzene rings is 1. The Morgan fingerprint density at radius 1 is 1.21 bits per heavy atom. The Balaban J connectivity index is 2.00. The van der Waals surface area contributed by atoms with Crippen LogP contribution in [-0.2, 0) is 12.8 Å². The molecule has 0 fully saturated rings. The third kappa shape index (κ3) is 4.06. The second-order valence-electron chi connectivity index (χ2n) is 4.43. The van der Waals surface area contributed by atoms with E-state index in [4.69, 9.17) is 4.74 Å². The van der Waals surface area contributed by atoms with Crippen LogP contribution < -0.4 is 10.1 Å². The van der Waals surface area contributed by atoms with E-state index in [2.05, 4.69) is 44.8 Å². The van der Waals surface area contributed by atoms with Crippen LogP contribution in [0.25, 0.3) is 0 Å². The fourth-order valence-electron chi connectivity index (χ4n) is 2.02. The van der Waals surface area contributed by atoms with Crippen LogP contribution in [0.2, 0.25) is 0 Å². The Kier molecular flexibility index (Phi) is 5.43. The summed E-state index contributed by atoms with van der Waals surface area (Å²) in [5.41, 5.74) is 1.33. The molecule has 1 N–H and O–H groups in total. The van der Waals surface area contributed by atoms with Crippen molar-refractivity contribution in [2.24, 2.45) is 0 Å². The highest BCUT2D eigenvalue weighted by atomic mass is 79.9. The van der Waals surface area contributed by atoms with Gasteiger partial charge in [0.25, 0.3) is 0 Å². The maximum absolute atomic E-state index is 5.18. The van der Waals surface area contributed by atoms with E-state index in [-0.39, 0.29) is 0 Å². The van der Waals surface area contributed by atoms with Crippen LogP contribution in [-0.4, -0.2) is 20.2 Å². The van der Waals surface area contributed by atoms with Gasteiger partial charge in [-0.05, 0) is 65.0 Å². The predicted molar refractivity (Wildman–Crippen MR) is 85.3 cm³/mol. The number of rotatable bonds is 6. The maximum atomic E-state index is 5.18. The van der Waals surface area contributed by atoms with E-state index in [0.29, 0.717) is 6.04 Å². The van der Waals surface area contributed by atoms with Gasteiger partial charge >= 0.3 is 0 Å². The Hall–Kier alpha value is -0.840. The first kappa shape index (κ1) is 14.6. The van der Waals surface area contributed by atoms with Crippen molar-refractivity contribution in [3.05, 3.63) is 50.6 Å². The number of halogens is 1. The van der Waals surface area contributed by atoms with Crippen molar-refractivity contribution in [1.29, 1.82) is 0 Å². The fraction of sp³-hybridized carbons (Fsp3) is 0.333. The highest BCUT2D eigenvalue weighted by molar-refractivity contribution is 9.10. The molecule has 2 nitrogen and oxygen atoms in total. The Morgan fingerprint density at radius 3 is 2.47 bits per heavy atom. The summed E-state index contributed by atoms with van der Waals surface area (Å²) in [5, 5.41) is 5.52. The van der Waals surface area contributed by atoms with Gasteiger partial charge in [0.15, 0.2) is 0 Å². The second kappa shape index (κ2) is 7.08. The number of nitrogens with one attached hydrogen (secondary N) is 1. The third-order valence-electron chi connectivity index (χ3n) is 3.17. The molecule has 0 spiro atoms. The molecule has 0 saturated carbocycles. The van der Waals surface area contributed by atoms with E-state index >= 15 is 0 Å². The molecular weight excluding hydrogens is 322 g/mol. The van der Waals surface area contributed by atoms with E-state index in [9.17, 15) is 0 Å². The van der Waals surface area contributed by atoms with E-state index < -0.39 is 0 Å². The van der Waals surface area contributed by atoms with Gasteiger partial charge in [0.2, 0.25) is 0 Å². The largest absolute Gasteiger partial charge is 0.497 e. The quantitative estimate of drug-likeness (QED) is 0.861. The molecule has 1 aromatic carbocycles. The van der Waals surface area contributed by atoms with Crippen molar-refractivity contribution in [2.75, 3.05) is 14.2 Å². The summed E-state index contributed by atoms with van der Waals surface area (Å²) >= 11 is 5.40. The monoisotopic (exact) mass is 339 g/mol. The number of hydrogen-bond donors (Lipinski definition) is 1. The molecule has 4 heteroatoms. The Morgan fingerprint density at radius 2 is 1.95 bits per heavy atom. The van der Waals surface area contributed by atoms with Crippen molar-refractivity contribution >= 4 is 27.3 Å². The van der Waals surface area contributed by atoms with Gasteiger partial charge in [-0.1, -0.05) is 12.1 Å². The minimum absolute atomic E-state index is 0.448. The summed E-state index contributed by atoms with van der Waals surface area (Å²) in [6.07, 6.45) is 2.06. The van der Waals surface area contributed by atoms with Crippen LogP contribution in [0.3, 0.4) is 0 Å². The van der Waals surface area contributed by atoms with Crippen LogP contribution in [0.5, 0.6) is 5.75 Å². The lowest BCUT2D eigenvalue weighted by molar-refractivity contribution is 0.414. The molecule has 102 valence electrons. The molecule has 1 unspecified atom stereocenters. The minimum Gasteiger partial charge on any atom is -0.497 e. The van der Waals surface area contributed by atoms with Crippen molar-refractivity contribution in [2.45, 2.75) is 18.9 Å². The van der Waals surface area contributed by atoms with Crippen molar-refractivity contribution in [3.63, 3.8) is 0 Å².